The highest BCUT2D eigenvalue weighted by Crippen LogP contribution is 2.16. The van der Waals surface area contributed by atoms with Crippen molar-refractivity contribution in [2.24, 2.45) is 5.73 Å². The van der Waals surface area contributed by atoms with Crippen molar-refractivity contribution in [2.45, 2.75) is 6.54 Å². The number of amides is 1. The van der Waals surface area contributed by atoms with Crippen LogP contribution in [0.4, 0.5) is 5.82 Å². The van der Waals surface area contributed by atoms with E-state index in [0.29, 0.717) is 5.82 Å². The summed E-state index contributed by atoms with van der Waals surface area (Å²) in [4.78, 5) is 24.2. The number of piperazine rings is 1. The van der Waals surface area contributed by atoms with E-state index in [9.17, 15) is 4.79 Å². The monoisotopic (exact) mass is 363 g/mol. The maximum Gasteiger partial charge on any atom is 0.268 e. The van der Waals surface area contributed by atoms with Gasteiger partial charge in [-0.2, -0.15) is 5.10 Å². The minimum Gasteiger partial charge on any atom is -0.364 e. The van der Waals surface area contributed by atoms with Gasteiger partial charge < -0.3 is 10.6 Å². The predicted molar refractivity (Wildman–Crippen MR) is 102 cm³/mol. The number of hydrogen-bond acceptors (Lipinski definition) is 6. The zero-order chi connectivity index (χ0) is 18.6. The van der Waals surface area contributed by atoms with E-state index >= 15 is 0 Å². The van der Waals surface area contributed by atoms with E-state index < -0.39 is 5.91 Å². The van der Waals surface area contributed by atoms with Gasteiger partial charge in [-0.25, -0.2) is 9.67 Å². The molecule has 2 aromatic heterocycles. The van der Waals surface area contributed by atoms with Crippen molar-refractivity contribution < 1.29 is 4.79 Å². The van der Waals surface area contributed by atoms with E-state index in [1.165, 1.54) is 6.20 Å². The molecule has 0 saturated carbocycles. The molecule has 0 aliphatic carbocycles. The fourth-order valence-electron chi connectivity index (χ4n) is 3.24. The van der Waals surface area contributed by atoms with Crippen molar-refractivity contribution in [1.82, 2.24) is 24.6 Å². The molecule has 0 unspecified atom stereocenters. The molecule has 1 aliphatic rings. The average Bonchev–Trinajstić information content (AvgIpc) is 3.17. The summed E-state index contributed by atoms with van der Waals surface area (Å²) in [5.74, 6) is 0.137. The molecule has 2 N–H and O–H groups in total. The number of carbonyl (C=O) groups excluding carboxylic acids is 1. The lowest BCUT2D eigenvalue weighted by Gasteiger charge is -2.35. The number of carbonyl (C=O) groups is 1. The van der Waals surface area contributed by atoms with E-state index in [1.807, 2.05) is 29.1 Å². The SMILES string of the molecule is NC(=O)c1cncc(N2CCN(Cc3ccnn3-c3ccccc3)CC2)n1. The first kappa shape index (κ1) is 17.2. The molecule has 1 aromatic carbocycles. The fourth-order valence-corrected chi connectivity index (χ4v) is 3.24. The highest BCUT2D eigenvalue weighted by atomic mass is 16.1. The van der Waals surface area contributed by atoms with E-state index in [0.717, 1.165) is 44.1 Å². The van der Waals surface area contributed by atoms with Gasteiger partial charge >= 0.3 is 0 Å². The molecule has 0 bridgehead atoms. The van der Waals surface area contributed by atoms with Crippen LogP contribution in [0.1, 0.15) is 16.2 Å². The maximum atomic E-state index is 11.3. The minimum atomic E-state index is -0.558. The van der Waals surface area contributed by atoms with Crippen LogP contribution in [-0.2, 0) is 6.54 Å². The number of benzene rings is 1. The molecule has 8 nitrogen and oxygen atoms in total. The topological polar surface area (TPSA) is 93.2 Å². The second-order valence-corrected chi connectivity index (χ2v) is 6.46. The summed E-state index contributed by atoms with van der Waals surface area (Å²) in [6, 6.07) is 12.2. The summed E-state index contributed by atoms with van der Waals surface area (Å²) in [6.07, 6.45) is 4.91. The smallest absolute Gasteiger partial charge is 0.268 e. The van der Waals surface area contributed by atoms with Crippen LogP contribution in [0.3, 0.4) is 0 Å². The molecule has 4 rings (SSSR count). The molecular formula is C19H21N7O. The minimum absolute atomic E-state index is 0.196. The normalized spacial score (nSPS) is 15.0. The molecule has 0 atom stereocenters. The quantitative estimate of drug-likeness (QED) is 0.729. The van der Waals surface area contributed by atoms with Crippen LogP contribution >= 0.6 is 0 Å². The van der Waals surface area contributed by atoms with Crippen LogP contribution in [0, 0.1) is 0 Å². The van der Waals surface area contributed by atoms with E-state index in [2.05, 4.69) is 43.1 Å². The molecule has 1 fully saturated rings. The Balaban J connectivity index is 1.40. The number of rotatable bonds is 5. The van der Waals surface area contributed by atoms with Gasteiger partial charge in [0.1, 0.15) is 11.5 Å². The Hall–Kier alpha value is -3.26. The first-order valence-electron chi connectivity index (χ1n) is 8.88. The van der Waals surface area contributed by atoms with E-state index in [-0.39, 0.29) is 5.69 Å². The Labute approximate surface area is 157 Å². The largest absolute Gasteiger partial charge is 0.364 e. The van der Waals surface area contributed by atoms with Crippen LogP contribution in [0.25, 0.3) is 5.69 Å². The highest BCUT2D eigenvalue weighted by Gasteiger charge is 2.20. The van der Waals surface area contributed by atoms with Crippen molar-refractivity contribution in [1.29, 1.82) is 0 Å². The molecule has 1 amide bonds. The summed E-state index contributed by atoms with van der Waals surface area (Å²) >= 11 is 0. The average molecular weight is 363 g/mol. The first-order valence-corrected chi connectivity index (χ1v) is 8.88. The number of nitrogens with zero attached hydrogens (tertiary/aromatic N) is 6. The molecule has 138 valence electrons. The molecule has 3 heterocycles. The highest BCUT2D eigenvalue weighted by molar-refractivity contribution is 5.90. The molecule has 27 heavy (non-hydrogen) atoms. The number of hydrogen-bond donors (Lipinski definition) is 1. The van der Waals surface area contributed by atoms with Crippen LogP contribution in [0.2, 0.25) is 0 Å². The lowest BCUT2D eigenvalue weighted by atomic mass is 10.2. The van der Waals surface area contributed by atoms with E-state index in [4.69, 9.17) is 5.73 Å². The molecule has 0 radical (unpaired) electrons. The standard InChI is InChI=1S/C19H21N7O/c20-19(27)17-12-21-13-18(23-17)25-10-8-24(9-11-25)14-16-6-7-22-26(16)15-4-2-1-3-5-15/h1-7,12-13H,8-11,14H2,(H2,20,27). The zero-order valence-electron chi connectivity index (χ0n) is 14.9. The number of anilines is 1. The third-order valence-electron chi connectivity index (χ3n) is 4.68. The van der Waals surface area contributed by atoms with Crippen LogP contribution in [-0.4, -0.2) is 56.7 Å². The lowest BCUT2D eigenvalue weighted by Crippen LogP contribution is -2.46. The van der Waals surface area contributed by atoms with Crippen molar-refractivity contribution in [3.05, 3.63) is 66.4 Å². The zero-order valence-corrected chi connectivity index (χ0v) is 14.9. The number of aromatic nitrogens is 4. The number of primary amides is 1. The Morgan fingerprint density at radius 3 is 2.56 bits per heavy atom. The predicted octanol–water partition coefficient (Wildman–Crippen LogP) is 1.08. The van der Waals surface area contributed by atoms with Gasteiger partial charge in [0.15, 0.2) is 0 Å². The molecule has 0 spiro atoms. The van der Waals surface area contributed by atoms with Crippen LogP contribution in [0.15, 0.2) is 55.0 Å². The van der Waals surface area contributed by atoms with Crippen molar-refractivity contribution >= 4 is 11.7 Å². The molecular weight excluding hydrogens is 342 g/mol. The fraction of sp³-hybridized carbons (Fsp3) is 0.263. The van der Waals surface area contributed by atoms with Crippen LogP contribution < -0.4 is 10.6 Å². The van der Waals surface area contributed by atoms with Crippen molar-refractivity contribution in [3.63, 3.8) is 0 Å². The second-order valence-electron chi connectivity index (χ2n) is 6.46. The maximum absolute atomic E-state index is 11.3. The summed E-state index contributed by atoms with van der Waals surface area (Å²) in [7, 11) is 0. The van der Waals surface area contributed by atoms with Crippen molar-refractivity contribution in [2.75, 3.05) is 31.1 Å². The van der Waals surface area contributed by atoms with Gasteiger partial charge in [0.2, 0.25) is 0 Å². The second kappa shape index (κ2) is 7.55. The van der Waals surface area contributed by atoms with Gasteiger partial charge in [-0.15, -0.1) is 0 Å². The van der Waals surface area contributed by atoms with Gasteiger partial charge in [-0.05, 0) is 18.2 Å². The van der Waals surface area contributed by atoms with Crippen LogP contribution in [0.5, 0.6) is 0 Å². The van der Waals surface area contributed by atoms with Crippen molar-refractivity contribution in [3.8, 4) is 5.69 Å². The van der Waals surface area contributed by atoms with Gasteiger partial charge in [0.05, 0.1) is 23.8 Å². The lowest BCUT2D eigenvalue weighted by molar-refractivity contribution is 0.0995. The Bertz CT molecular complexity index is 917. The van der Waals surface area contributed by atoms with E-state index in [1.54, 1.807) is 6.20 Å². The number of nitrogens with two attached hydrogens (primary N) is 1. The van der Waals surface area contributed by atoms with Gasteiger partial charge in [0, 0.05) is 38.9 Å². The summed E-state index contributed by atoms with van der Waals surface area (Å²) in [5.41, 5.74) is 7.71. The molecule has 1 aliphatic heterocycles. The summed E-state index contributed by atoms with van der Waals surface area (Å²) in [5, 5.41) is 4.46. The molecule has 3 aromatic rings. The first-order chi connectivity index (χ1) is 13.2. The molecule has 1 saturated heterocycles. The Kier molecular flexibility index (Phi) is 4.80. The van der Waals surface area contributed by atoms with Gasteiger partial charge in [0.25, 0.3) is 5.91 Å². The molecule has 8 heteroatoms. The summed E-state index contributed by atoms with van der Waals surface area (Å²) < 4.78 is 1.98. The van der Waals surface area contributed by atoms with Gasteiger partial charge in [-0.1, -0.05) is 18.2 Å². The third kappa shape index (κ3) is 3.80. The van der Waals surface area contributed by atoms with Gasteiger partial charge in [-0.3, -0.25) is 14.7 Å². The Morgan fingerprint density at radius 1 is 1.04 bits per heavy atom. The summed E-state index contributed by atoms with van der Waals surface area (Å²) in [6.45, 7) is 4.24. The third-order valence-corrected chi connectivity index (χ3v) is 4.68. The Morgan fingerprint density at radius 2 is 1.81 bits per heavy atom. The number of para-hydroxylation sites is 1.